The molecule has 3 N–H and O–H groups in total. The summed E-state index contributed by atoms with van der Waals surface area (Å²) in [5.41, 5.74) is 7.81. The summed E-state index contributed by atoms with van der Waals surface area (Å²) in [5.74, 6) is -1.89. The number of aromatic nitrogens is 1. The van der Waals surface area contributed by atoms with Crippen LogP contribution in [0.1, 0.15) is 29.8 Å². The Labute approximate surface area is 255 Å². The zero-order chi connectivity index (χ0) is 30.5. The highest BCUT2D eigenvalue weighted by molar-refractivity contribution is 8.00. The van der Waals surface area contributed by atoms with Crippen molar-refractivity contribution in [2.45, 2.75) is 29.7 Å². The zero-order valence-electron chi connectivity index (χ0n) is 23.4. The van der Waals surface area contributed by atoms with Gasteiger partial charge >= 0.3 is 5.97 Å². The number of hydrogen-bond donors (Lipinski definition) is 2. The van der Waals surface area contributed by atoms with E-state index in [-0.39, 0.29) is 27.5 Å². The monoisotopic (exact) mass is 620 g/mol. The van der Waals surface area contributed by atoms with Crippen molar-refractivity contribution in [3.8, 4) is 0 Å². The number of thiazole rings is 1. The molecule has 12 nitrogen and oxygen atoms in total. The Balaban J connectivity index is 1.45. The van der Waals surface area contributed by atoms with Gasteiger partial charge in [0.05, 0.1) is 6.21 Å². The first-order valence-corrected chi connectivity index (χ1v) is 14.9. The van der Waals surface area contributed by atoms with E-state index in [4.69, 9.17) is 20.1 Å². The third kappa shape index (κ3) is 6.10. The number of rotatable bonds is 10. The van der Waals surface area contributed by atoms with Gasteiger partial charge in [-0.3, -0.25) is 14.5 Å². The molecule has 2 amide bonds. The van der Waals surface area contributed by atoms with Gasteiger partial charge in [-0.1, -0.05) is 71.0 Å². The SMILES string of the molecule is CON=CC1=C(C(=O)OC(c2ccccc2)c2ccccc2)N2C(=O)C(NC(=O)/C(=N\OC)c3csc(N)n3)[C@@H]2S[C@@H]1C. The quantitative estimate of drug-likeness (QED) is 0.150. The van der Waals surface area contributed by atoms with Gasteiger partial charge in [0, 0.05) is 16.2 Å². The topological polar surface area (TPSA) is 158 Å². The molecule has 3 heterocycles. The van der Waals surface area contributed by atoms with E-state index in [1.54, 1.807) is 5.38 Å². The average Bonchev–Trinajstić information content (AvgIpc) is 3.46. The van der Waals surface area contributed by atoms with Crippen molar-refractivity contribution in [3.05, 3.63) is 94.1 Å². The summed E-state index contributed by atoms with van der Waals surface area (Å²) in [6, 6.07) is 17.7. The smallest absolute Gasteiger partial charge is 0.356 e. The van der Waals surface area contributed by atoms with Gasteiger partial charge in [0.2, 0.25) is 0 Å². The van der Waals surface area contributed by atoms with Crippen molar-refractivity contribution in [2.24, 2.45) is 10.3 Å². The lowest BCUT2D eigenvalue weighted by molar-refractivity contribution is -0.154. The number of nitrogens with zero attached hydrogens (tertiary/aromatic N) is 4. The Morgan fingerprint density at radius 3 is 2.28 bits per heavy atom. The van der Waals surface area contributed by atoms with E-state index in [1.165, 1.54) is 37.1 Å². The molecule has 2 aliphatic rings. The fraction of sp³-hybridized carbons (Fsp3) is 0.241. The molecule has 2 aliphatic heterocycles. The average molecular weight is 621 g/mol. The largest absolute Gasteiger partial charge is 0.448 e. The van der Waals surface area contributed by atoms with Gasteiger partial charge in [-0.15, -0.1) is 23.1 Å². The summed E-state index contributed by atoms with van der Waals surface area (Å²) >= 11 is 2.52. The van der Waals surface area contributed by atoms with Crippen LogP contribution >= 0.6 is 23.1 Å². The zero-order valence-corrected chi connectivity index (χ0v) is 25.0. The Bertz CT molecular complexity index is 1550. The number of amides is 2. The van der Waals surface area contributed by atoms with Crippen LogP contribution in [-0.2, 0) is 28.8 Å². The predicted molar refractivity (Wildman–Crippen MR) is 163 cm³/mol. The number of benzene rings is 2. The predicted octanol–water partition coefficient (Wildman–Crippen LogP) is 3.08. The fourth-order valence-electron chi connectivity index (χ4n) is 4.73. The number of esters is 1. The van der Waals surface area contributed by atoms with E-state index >= 15 is 0 Å². The Kier molecular flexibility index (Phi) is 9.07. The number of carbonyl (C=O) groups is 3. The lowest BCUT2D eigenvalue weighted by Crippen LogP contribution is -2.71. The summed E-state index contributed by atoms with van der Waals surface area (Å²) in [4.78, 5) is 55.9. The highest BCUT2D eigenvalue weighted by atomic mass is 32.2. The van der Waals surface area contributed by atoms with Crippen LogP contribution in [0.25, 0.3) is 0 Å². The number of ether oxygens (including phenoxy) is 1. The molecule has 1 unspecified atom stereocenters. The van der Waals surface area contributed by atoms with Crippen LogP contribution in [0.3, 0.4) is 0 Å². The third-order valence-electron chi connectivity index (χ3n) is 6.71. The van der Waals surface area contributed by atoms with Gasteiger partial charge in [0.15, 0.2) is 16.9 Å². The lowest BCUT2D eigenvalue weighted by atomic mass is 9.99. The molecule has 0 spiro atoms. The van der Waals surface area contributed by atoms with Crippen LogP contribution in [0.4, 0.5) is 5.13 Å². The molecule has 1 saturated heterocycles. The van der Waals surface area contributed by atoms with Crippen LogP contribution in [0.15, 0.2) is 87.6 Å². The van der Waals surface area contributed by atoms with Crippen LogP contribution in [0.5, 0.6) is 0 Å². The second-order valence-corrected chi connectivity index (χ2v) is 11.7. The summed E-state index contributed by atoms with van der Waals surface area (Å²) in [6.45, 7) is 1.87. The van der Waals surface area contributed by atoms with Crippen molar-refractivity contribution in [2.75, 3.05) is 20.0 Å². The van der Waals surface area contributed by atoms with Crippen molar-refractivity contribution in [3.63, 3.8) is 0 Å². The molecular weight excluding hydrogens is 592 g/mol. The lowest BCUT2D eigenvalue weighted by Gasteiger charge is -2.50. The molecule has 1 fully saturated rings. The number of nitrogen functional groups attached to an aromatic ring is 1. The summed E-state index contributed by atoms with van der Waals surface area (Å²) < 4.78 is 6.12. The summed E-state index contributed by atoms with van der Waals surface area (Å²) in [7, 11) is 2.68. The van der Waals surface area contributed by atoms with E-state index in [9.17, 15) is 14.4 Å². The van der Waals surface area contributed by atoms with E-state index in [0.29, 0.717) is 5.57 Å². The van der Waals surface area contributed by atoms with Crippen LogP contribution < -0.4 is 11.1 Å². The van der Waals surface area contributed by atoms with Gasteiger partial charge in [-0.2, -0.15) is 0 Å². The molecule has 0 saturated carbocycles. The van der Waals surface area contributed by atoms with Crippen molar-refractivity contribution in [1.29, 1.82) is 0 Å². The molecule has 0 aliphatic carbocycles. The van der Waals surface area contributed by atoms with Crippen molar-refractivity contribution >= 4 is 57.9 Å². The second-order valence-electron chi connectivity index (χ2n) is 9.35. The minimum Gasteiger partial charge on any atom is -0.448 e. The minimum atomic E-state index is -0.958. The molecule has 3 aromatic rings. The number of β-lactam (4-membered cyclic amide) rings is 1. The van der Waals surface area contributed by atoms with Gasteiger partial charge in [0.25, 0.3) is 11.8 Å². The van der Waals surface area contributed by atoms with Crippen LogP contribution in [0.2, 0.25) is 0 Å². The first-order chi connectivity index (χ1) is 20.8. The molecule has 1 aromatic heterocycles. The van der Waals surface area contributed by atoms with E-state index in [0.717, 1.165) is 22.5 Å². The summed E-state index contributed by atoms with van der Waals surface area (Å²) in [6.07, 6.45) is 0.663. The Morgan fingerprint density at radius 2 is 1.72 bits per heavy atom. The van der Waals surface area contributed by atoms with Gasteiger partial charge in [-0.05, 0) is 18.1 Å². The van der Waals surface area contributed by atoms with Gasteiger partial charge < -0.3 is 25.5 Å². The van der Waals surface area contributed by atoms with E-state index in [2.05, 4.69) is 20.6 Å². The molecule has 43 heavy (non-hydrogen) atoms. The van der Waals surface area contributed by atoms with Crippen molar-refractivity contribution < 1.29 is 28.8 Å². The number of fused-ring (bicyclic) bond motifs is 1. The number of nitrogens with two attached hydrogens (primary N) is 1. The highest BCUT2D eigenvalue weighted by Gasteiger charge is 2.56. The molecule has 0 radical (unpaired) electrons. The Hall–Kier alpha value is -4.69. The first-order valence-electron chi connectivity index (χ1n) is 13.1. The van der Waals surface area contributed by atoms with E-state index < -0.39 is 35.3 Å². The number of oxime groups is 2. The number of nitrogens with one attached hydrogen (secondary N) is 1. The molecule has 2 aromatic carbocycles. The van der Waals surface area contributed by atoms with E-state index in [1.807, 2.05) is 67.6 Å². The van der Waals surface area contributed by atoms with Crippen molar-refractivity contribution in [1.82, 2.24) is 15.2 Å². The molecule has 5 rings (SSSR count). The maximum Gasteiger partial charge on any atom is 0.356 e. The first kappa shape index (κ1) is 29.8. The van der Waals surface area contributed by atoms with Gasteiger partial charge in [0.1, 0.15) is 37.0 Å². The summed E-state index contributed by atoms with van der Waals surface area (Å²) in [5, 5.41) is 11.3. The number of carbonyl (C=O) groups excluding carboxylic acids is 3. The normalized spacial score (nSPS) is 20.1. The number of thioether (sulfide) groups is 1. The standard InChI is InChI=1S/C29H28N6O6S2/c1-16-19(14-31-39-2)23(28(38)41-24(17-10-6-4-7-11-17)18-12-8-5-9-13-18)35-26(37)22(27(35)43-16)33-25(36)21(34-40-3)20-15-42-29(30)32-20/h4-16,22,24,27H,1-3H3,(H2,30,32)(H,33,36)/b31-14?,34-21-/t16-,22?,27+/m1/s1. The maximum atomic E-state index is 14.0. The number of anilines is 1. The molecular formula is C29H28N6O6S2. The second kappa shape index (κ2) is 13.1. The fourth-order valence-corrected chi connectivity index (χ4v) is 6.69. The highest BCUT2D eigenvalue weighted by Crippen LogP contribution is 2.44. The maximum absolute atomic E-state index is 14.0. The molecule has 222 valence electrons. The molecule has 3 atom stereocenters. The van der Waals surface area contributed by atoms with Gasteiger partial charge in [-0.25, -0.2) is 9.78 Å². The van der Waals surface area contributed by atoms with Crippen LogP contribution in [0, 0.1) is 0 Å². The molecule has 0 bridgehead atoms. The molecule has 14 heteroatoms. The van der Waals surface area contributed by atoms with Crippen LogP contribution in [-0.4, -0.2) is 70.5 Å². The minimum absolute atomic E-state index is 0.0301. The Morgan fingerprint density at radius 1 is 1.07 bits per heavy atom. The number of hydrogen-bond acceptors (Lipinski definition) is 12. The third-order valence-corrected chi connectivity index (χ3v) is 8.81.